The Balaban J connectivity index is 2.12. The lowest BCUT2D eigenvalue weighted by molar-refractivity contribution is 0.278. The minimum atomic E-state index is 0.0542. The predicted octanol–water partition coefficient (Wildman–Crippen LogP) is 4.09. The molecule has 1 N–H and O–H groups in total. The molecule has 20 heavy (non-hydrogen) atoms. The summed E-state index contributed by atoms with van der Waals surface area (Å²) in [5.41, 5.74) is 3.21. The van der Waals surface area contributed by atoms with Crippen LogP contribution < -0.4 is 4.74 Å². The van der Waals surface area contributed by atoms with Gasteiger partial charge in [0.05, 0.1) is 6.61 Å². The topological polar surface area (TPSA) is 29.5 Å². The van der Waals surface area contributed by atoms with Crippen LogP contribution in [0.3, 0.4) is 0 Å². The summed E-state index contributed by atoms with van der Waals surface area (Å²) in [6, 6.07) is 15.9. The van der Waals surface area contributed by atoms with E-state index in [2.05, 4.69) is 13.8 Å². The van der Waals surface area contributed by atoms with Crippen LogP contribution in [0.15, 0.2) is 48.5 Å². The van der Waals surface area contributed by atoms with Gasteiger partial charge in [-0.05, 0) is 41.2 Å². The first-order valence-electron chi connectivity index (χ1n) is 6.94. The molecule has 0 heterocycles. The van der Waals surface area contributed by atoms with Crippen molar-refractivity contribution in [2.24, 2.45) is 0 Å². The molecule has 0 saturated heterocycles. The Labute approximate surface area is 121 Å². The Morgan fingerprint density at radius 1 is 1.15 bits per heavy atom. The number of benzene rings is 2. The van der Waals surface area contributed by atoms with Crippen LogP contribution in [0.5, 0.6) is 5.75 Å². The summed E-state index contributed by atoms with van der Waals surface area (Å²) >= 11 is 0. The number of aliphatic hydroxyl groups is 1. The maximum absolute atomic E-state index is 9.40. The first-order chi connectivity index (χ1) is 9.74. The lowest BCUT2D eigenvalue weighted by Crippen LogP contribution is -2.01. The lowest BCUT2D eigenvalue weighted by Gasteiger charge is -2.16. The standard InChI is InChI=1S/C18H21O2/c1-3-14(2)18-11-17(10-9-16(18)12-19)20-13-15-7-5-4-6-8-15/h4-11,14,19H,1,3,12-13H2,2H3. The highest BCUT2D eigenvalue weighted by Gasteiger charge is 2.10. The summed E-state index contributed by atoms with van der Waals surface area (Å²) in [7, 11) is 0. The van der Waals surface area contributed by atoms with E-state index in [-0.39, 0.29) is 6.61 Å². The SMILES string of the molecule is [CH2]CC(C)c1cc(OCc2ccccc2)ccc1CO. The zero-order valence-electron chi connectivity index (χ0n) is 11.9. The van der Waals surface area contributed by atoms with Gasteiger partial charge in [0.15, 0.2) is 0 Å². The average molecular weight is 269 g/mol. The minimum Gasteiger partial charge on any atom is -0.489 e. The van der Waals surface area contributed by atoms with Crippen molar-refractivity contribution in [3.8, 4) is 5.75 Å². The molecule has 2 aromatic carbocycles. The zero-order valence-corrected chi connectivity index (χ0v) is 11.9. The van der Waals surface area contributed by atoms with Gasteiger partial charge in [0, 0.05) is 0 Å². The van der Waals surface area contributed by atoms with Crippen molar-refractivity contribution in [3.05, 3.63) is 72.1 Å². The van der Waals surface area contributed by atoms with Crippen molar-refractivity contribution in [2.45, 2.75) is 32.5 Å². The van der Waals surface area contributed by atoms with Gasteiger partial charge in [0.2, 0.25) is 0 Å². The van der Waals surface area contributed by atoms with Gasteiger partial charge in [-0.1, -0.05) is 50.2 Å². The fourth-order valence-electron chi connectivity index (χ4n) is 2.16. The van der Waals surface area contributed by atoms with Gasteiger partial charge < -0.3 is 9.84 Å². The number of hydrogen-bond acceptors (Lipinski definition) is 2. The van der Waals surface area contributed by atoms with Crippen LogP contribution in [0.4, 0.5) is 0 Å². The van der Waals surface area contributed by atoms with Crippen molar-refractivity contribution >= 4 is 0 Å². The Morgan fingerprint density at radius 3 is 2.55 bits per heavy atom. The number of hydrogen-bond donors (Lipinski definition) is 1. The van der Waals surface area contributed by atoms with Crippen LogP contribution in [0, 0.1) is 6.92 Å². The van der Waals surface area contributed by atoms with Crippen LogP contribution in [-0.2, 0) is 13.2 Å². The van der Waals surface area contributed by atoms with E-state index in [1.54, 1.807) is 0 Å². The third-order valence-corrected chi connectivity index (χ3v) is 3.50. The van der Waals surface area contributed by atoms with Crippen LogP contribution in [-0.4, -0.2) is 5.11 Å². The molecule has 0 amide bonds. The average Bonchev–Trinajstić information content (AvgIpc) is 2.52. The molecule has 0 aliphatic rings. The Hall–Kier alpha value is -1.80. The van der Waals surface area contributed by atoms with Crippen LogP contribution in [0.25, 0.3) is 0 Å². The Bertz CT molecular complexity index is 534. The summed E-state index contributed by atoms with van der Waals surface area (Å²) in [6.45, 7) is 6.66. The van der Waals surface area contributed by atoms with E-state index in [0.29, 0.717) is 12.5 Å². The van der Waals surface area contributed by atoms with Crippen molar-refractivity contribution in [1.82, 2.24) is 0 Å². The maximum Gasteiger partial charge on any atom is 0.120 e. The van der Waals surface area contributed by atoms with E-state index >= 15 is 0 Å². The molecule has 105 valence electrons. The third-order valence-electron chi connectivity index (χ3n) is 3.50. The second-order valence-corrected chi connectivity index (χ2v) is 4.98. The first kappa shape index (κ1) is 14.6. The first-order valence-corrected chi connectivity index (χ1v) is 6.94. The van der Waals surface area contributed by atoms with Crippen molar-refractivity contribution in [1.29, 1.82) is 0 Å². The van der Waals surface area contributed by atoms with Gasteiger partial charge in [0.1, 0.15) is 12.4 Å². The van der Waals surface area contributed by atoms with Crippen LogP contribution >= 0.6 is 0 Å². The number of ether oxygens (including phenoxy) is 1. The molecule has 0 aliphatic heterocycles. The van der Waals surface area contributed by atoms with Crippen LogP contribution in [0.2, 0.25) is 0 Å². The van der Waals surface area contributed by atoms with Gasteiger partial charge in [-0.3, -0.25) is 0 Å². The molecule has 2 nitrogen and oxygen atoms in total. The fraction of sp³-hybridized carbons (Fsp3) is 0.278. The van der Waals surface area contributed by atoms with Gasteiger partial charge in [-0.15, -0.1) is 0 Å². The molecule has 1 unspecified atom stereocenters. The molecule has 0 fully saturated rings. The molecule has 0 aromatic heterocycles. The molecule has 0 aliphatic carbocycles. The Kier molecular flexibility index (Phi) is 5.19. The van der Waals surface area contributed by atoms with Crippen molar-refractivity contribution in [3.63, 3.8) is 0 Å². The molecule has 0 saturated carbocycles. The minimum absolute atomic E-state index is 0.0542. The quantitative estimate of drug-likeness (QED) is 0.856. The third kappa shape index (κ3) is 3.61. The van der Waals surface area contributed by atoms with E-state index in [4.69, 9.17) is 4.74 Å². The van der Waals surface area contributed by atoms with E-state index < -0.39 is 0 Å². The number of aliphatic hydroxyl groups excluding tert-OH is 1. The molecule has 1 atom stereocenters. The molecule has 2 rings (SSSR count). The Morgan fingerprint density at radius 2 is 1.90 bits per heavy atom. The van der Waals surface area contributed by atoms with E-state index in [1.165, 1.54) is 0 Å². The molecule has 2 aromatic rings. The van der Waals surface area contributed by atoms with Gasteiger partial charge >= 0.3 is 0 Å². The lowest BCUT2D eigenvalue weighted by atomic mass is 9.94. The highest BCUT2D eigenvalue weighted by Crippen LogP contribution is 2.27. The van der Waals surface area contributed by atoms with Crippen molar-refractivity contribution in [2.75, 3.05) is 0 Å². The summed E-state index contributed by atoms with van der Waals surface area (Å²) in [6.07, 6.45) is 0.801. The summed E-state index contributed by atoms with van der Waals surface area (Å²) in [5, 5.41) is 9.40. The molecule has 0 spiro atoms. The molecular weight excluding hydrogens is 248 g/mol. The second-order valence-electron chi connectivity index (χ2n) is 4.98. The predicted molar refractivity (Wildman–Crippen MR) is 81.5 cm³/mol. The molecule has 2 heteroatoms. The maximum atomic E-state index is 9.40. The summed E-state index contributed by atoms with van der Waals surface area (Å²) < 4.78 is 5.82. The largest absolute Gasteiger partial charge is 0.489 e. The van der Waals surface area contributed by atoms with Gasteiger partial charge in [-0.25, -0.2) is 0 Å². The number of rotatable bonds is 6. The van der Waals surface area contributed by atoms with E-state index in [9.17, 15) is 5.11 Å². The molecule has 1 radical (unpaired) electrons. The highest BCUT2D eigenvalue weighted by molar-refractivity contribution is 5.37. The van der Waals surface area contributed by atoms with E-state index in [1.807, 2.05) is 48.5 Å². The van der Waals surface area contributed by atoms with Crippen molar-refractivity contribution < 1.29 is 9.84 Å². The summed E-state index contributed by atoms with van der Waals surface area (Å²) in [4.78, 5) is 0. The smallest absolute Gasteiger partial charge is 0.120 e. The van der Waals surface area contributed by atoms with Gasteiger partial charge in [-0.2, -0.15) is 0 Å². The monoisotopic (exact) mass is 269 g/mol. The van der Waals surface area contributed by atoms with Crippen LogP contribution in [0.1, 0.15) is 36.0 Å². The second kappa shape index (κ2) is 7.11. The van der Waals surface area contributed by atoms with Gasteiger partial charge in [0.25, 0.3) is 0 Å². The molecule has 0 bridgehead atoms. The summed E-state index contributed by atoms with van der Waals surface area (Å²) in [5.74, 6) is 1.15. The normalized spacial score (nSPS) is 12.2. The zero-order chi connectivity index (χ0) is 14.4. The molecular formula is C18H21O2. The van der Waals surface area contributed by atoms with E-state index in [0.717, 1.165) is 28.9 Å². The fourth-order valence-corrected chi connectivity index (χ4v) is 2.16. The highest BCUT2D eigenvalue weighted by atomic mass is 16.5.